The van der Waals surface area contributed by atoms with Crippen LogP contribution in [0.4, 0.5) is 13.2 Å². The van der Waals surface area contributed by atoms with Crippen LogP contribution in [0, 0.1) is 5.40 Å². The fraction of sp³-hybridized carbons (Fsp3) is 0.182. The molecule has 1 aromatic carbocycles. The van der Waals surface area contributed by atoms with Gasteiger partial charge in [0, 0.05) is 12.5 Å². The number of nitrogens with zero attached hydrogens (tertiary/aromatic N) is 1. The first-order valence-electron chi connectivity index (χ1n) is 5.66. The number of carboxylic acid groups (broad SMARTS) is 1. The highest BCUT2D eigenvalue weighted by Gasteiger charge is 2.33. The highest BCUT2D eigenvalue weighted by Crippen LogP contribution is 2.33. The number of nitrogens with two attached hydrogens (primary N) is 1. The van der Waals surface area contributed by atoms with Gasteiger partial charge in [-0.25, -0.2) is 5.43 Å². The van der Waals surface area contributed by atoms with Gasteiger partial charge in [-0.15, -0.1) is 0 Å². The third kappa shape index (κ3) is 7.78. The summed E-state index contributed by atoms with van der Waals surface area (Å²) in [6, 6.07) is 3.38. The van der Waals surface area contributed by atoms with E-state index in [1.165, 1.54) is 12.1 Å². The summed E-state index contributed by atoms with van der Waals surface area (Å²) < 4.78 is 44.5. The maximum absolute atomic E-state index is 12.7. The van der Waals surface area contributed by atoms with Crippen LogP contribution in [0.3, 0.4) is 0 Å². The summed E-state index contributed by atoms with van der Waals surface area (Å²) in [5, 5.41) is 13.5. The lowest BCUT2D eigenvalue weighted by atomic mass is 10.1. The summed E-state index contributed by atoms with van der Waals surface area (Å²) in [6.07, 6.45) is -3.68. The molecule has 5 N–H and O–H groups in total. The summed E-state index contributed by atoms with van der Waals surface area (Å²) in [4.78, 5) is 9.00. The Morgan fingerprint density at radius 3 is 2.67 bits per heavy atom. The van der Waals surface area contributed by atoms with Crippen molar-refractivity contribution < 1.29 is 24.5 Å². The van der Waals surface area contributed by atoms with Gasteiger partial charge in [0.25, 0.3) is 5.97 Å². The molecule has 0 atom stereocenters. The molecule has 0 fully saturated rings. The SMILES string of the molecule is CC(=O)O.[H]/N=C(\N)NN=Cc1c(Cl)cccc1C(F)(F)F. The zero-order valence-electron chi connectivity index (χ0n) is 11.6. The van der Waals surface area contributed by atoms with E-state index >= 15 is 0 Å². The van der Waals surface area contributed by atoms with Gasteiger partial charge in [-0.3, -0.25) is 10.2 Å². The molecular weight excluding hydrogens is 313 g/mol. The van der Waals surface area contributed by atoms with Crippen molar-refractivity contribution in [3.63, 3.8) is 0 Å². The highest BCUT2D eigenvalue weighted by atomic mass is 35.5. The normalized spacial score (nSPS) is 12.4. The van der Waals surface area contributed by atoms with Crippen molar-refractivity contribution >= 4 is 29.7 Å². The van der Waals surface area contributed by atoms with Crippen LogP contribution in [-0.2, 0) is 11.0 Å². The minimum Gasteiger partial charge on any atom is -0.481 e. The molecule has 1 aromatic rings. The number of nitrogens with one attached hydrogen (secondary N) is 2. The Morgan fingerprint density at radius 2 is 2.19 bits per heavy atom. The monoisotopic (exact) mass is 324 g/mol. The van der Waals surface area contributed by atoms with Crippen LogP contribution in [0.2, 0.25) is 6.43 Å². The Balaban J connectivity index is 0.000000980. The number of alkyl halides is 3. The second kappa shape index (κ2) is 8.10. The summed E-state index contributed by atoms with van der Waals surface area (Å²) in [7, 11) is 0. The number of halogens is 4. The zero-order valence-corrected chi connectivity index (χ0v) is 11.4. The molecule has 0 aromatic heterocycles. The quantitative estimate of drug-likeness (QED) is 0.380. The van der Waals surface area contributed by atoms with E-state index in [2.05, 4.69) is 15.9 Å². The van der Waals surface area contributed by atoms with Gasteiger partial charge in [-0.05, 0) is 12.1 Å². The summed E-state index contributed by atoms with van der Waals surface area (Å²) >= 11 is 5.67. The molecule has 116 valence electrons. The first-order chi connectivity index (χ1) is 10.1. The lowest BCUT2D eigenvalue weighted by Crippen LogP contribution is -2.25. The minimum atomic E-state index is -4.54. The number of aliphatic carboxylic acids is 1. The van der Waals surface area contributed by atoms with Gasteiger partial charge in [-0.1, -0.05) is 17.7 Å². The van der Waals surface area contributed by atoms with Gasteiger partial charge in [-0.2, -0.15) is 18.3 Å². The van der Waals surface area contributed by atoms with E-state index in [9.17, 15) is 13.2 Å². The molecule has 0 radical (unpaired) electrons. The van der Waals surface area contributed by atoms with E-state index in [1.807, 2.05) is 0 Å². The van der Waals surface area contributed by atoms with E-state index in [1.54, 1.807) is 0 Å². The fourth-order valence-corrected chi connectivity index (χ4v) is 1.30. The molecule has 0 unspecified atom stereocenters. The van der Waals surface area contributed by atoms with Gasteiger partial charge in [0.1, 0.15) is 0 Å². The third-order valence-corrected chi connectivity index (χ3v) is 2.06. The summed E-state index contributed by atoms with van der Waals surface area (Å²) in [5.41, 5.74) is 5.94. The van der Waals surface area contributed by atoms with Crippen LogP contribution in [0.15, 0.2) is 23.3 Å². The maximum Gasteiger partial charge on any atom is 0.417 e. The molecular formula is C11H12ClF3N4O2. The lowest BCUT2D eigenvalue weighted by molar-refractivity contribution is -0.137. The van der Waals surface area contributed by atoms with Crippen molar-refractivity contribution in [2.75, 3.05) is 0 Å². The number of hydrazone groups is 1. The van der Waals surface area contributed by atoms with Gasteiger partial charge in [0.2, 0.25) is 5.96 Å². The number of benzene rings is 1. The Labute approximate surface area is 124 Å². The van der Waals surface area contributed by atoms with Crippen molar-refractivity contribution in [1.82, 2.24) is 5.43 Å². The topological polar surface area (TPSA) is 112 Å². The first kappa shape index (κ1) is 16.8. The molecule has 0 heterocycles. The second-order valence-corrected chi connectivity index (χ2v) is 3.88. The summed E-state index contributed by atoms with van der Waals surface area (Å²) in [6.45, 7) is 1.08. The zero-order chi connectivity index (χ0) is 17.3. The predicted octanol–water partition coefficient (Wildman–Crippen LogP) is 2.27. The molecule has 0 aliphatic heterocycles. The van der Waals surface area contributed by atoms with E-state index in [0.717, 1.165) is 19.2 Å². The fourth-order valence-electron chi connectivity index (χ4n) is 1.08. The minimum absolute atomic E-state index is 0.100. The largest absolute Gasteiger partial charge is 0.481 e. The van der Waals surface area contributed by atoms with Gasteiger partial charge >= 0.3 is 6.18 Å². The molecule has 0 saturated carbocycles. The maximum atomic E-state index is 12.7. The highest BCUT2D eigenvalue weighted by molar-refractivity contribution is 6.33. The number of carbonyl (C=O) groups is 1. The van der Waals surface area contributed by atoms with Crippen molar-refractivity contribution in [1.29, 1.82) is 5.40 Å². The molecule has 0 aliphatic carbocycles. The van der Waals surface area contributed by atoms with Crippen molar-refractivity contribution in [2.45, 2.75) is 13.1 Å². The average molecular weight is 325 g/mol. The average Bonchev–Trinajstić information content (AvgIpc) is 2.38. The van der Waals surface area contributed by atoms with Gasteiger partial charge < -0.3 is 10.8 Å². The smallest absolute Gasteiger partial charge is 0.417 e. The number of hydrogen-bond donors (Lipinski definition) is 4. The molecule has 0 saturated heterocycles. The lowest BCUT2D eigenvalue weighted by Gasteiger charge is -2.10. The molecule has 0 aliphatic rings. The number of guanidine groups is 1. The molecule has 6 nitrogen and oxygen atoms in total. The van der Waals surface area contributed by atoms with Gasteiger partial charge in [0.15, 0.2) is 1.41 Å². The standard InChI is InChI=1S/C9H8ClF3N4.C2H4O2/c10-7-3-1-2-6(9(11,12)13)5(7)4-16-17-8(14)15;1-2(3)4/h1-4H,(H4,14,15,17);1H3,(H,3,4). The van der Waals surface area contributed by atoms with Crippen LogP contribution in [-0.4, -0.2) is 23.2 Å². The summed E-state index contributed by atoms with van der Waals surface area (Å²) in [5.74, 6) is -1.19. The molecule has 21 heavy (non-hydrogen) atoms. The first-order valence-corrected chi connectivity index (χ1v) is 5.59. The van der Waals surface area contributed by atoms with Crippen molar-refractivity contribution in [3.05, 3.63) is 34.3 Å². The van der Waals surface area contributed by atoms with Crippen molar-refractivity contribution in [3.8, 4) is 0 Å². The van der Waals surface area contributed by atoms with Gasteiger partial charge in [0.05, 0.1) is 16.8 Å². The number of rotatable bonds is 2. The predicted molar refractivity (Wildman–Crippen MR) is 72.4 cm³/mol. The van der Waals surface area contributed by atoms with Crippen molar-refractivity contribution in [2.24, 2.45) is 10.8 Å². The second-order valence-electron chi connectivity index (χ2n) is 3.47. The van der Waals surface area contributed by atoms with E-state index in [-0.39, 0.29) is 16.5 Å². The van der Waals surface area contributed by atoms with E-state index in [4.69, 9.17) is 28.6 Å². The Kier molecular flexibility index (Phi) is 6.47. The van der Waals surface area contributed by atoms with Crippen LogP contribution in [0.5, 0.6) is 0 Å². The van der Waals surface area contributed by atoms with Crippen LogP contribution >= 0.6 is 11.6 Å². The number of carboxylic acids is 1. The third-order valence-electron chi connectivity index (χ3n) is 1.73. The van der Waals surface area contributed by atoms with Crippen LogP contribution < -0.4 is 11.2 Å². The van der Waals surface area contributed by atoms with Crippen LogP contribution in [0.1, 0.15) is 18.1 Å². The van der Waals surface area contributed by atoms with Crippen LogP contribution in [0.25, 0.3) is 0 Å². The Bertz CT molecular complexity index is 575. The molecule has 0 spiro atoms. The molecule has 0 amide bonds. The Morgan fingerprint density at radius 1 is 1.62 bits per heavy atom. The molecule has 10 heteroatoms. The van der Waals surface area contributed by atoms with E-state index in [0.29, 0.717) is 0 Å². The Hall–Kier alpha value is -2.29. The van der Waals surface area contributed by atoms with E-state index < -0.39 is 17.7 Å². The molecule has 0 bridgehead atoms. The molecule has 1 rings (SSSR count). The number of hydrogen-bond acceptors (Lipinski definition) is 3.